The summed E-state index contributed by atoms with van der Waals surface area (Å²) < 4.78 is 2.00. The Balaban J connectivity index is 1.42. The summed E-state index contributed by atoms with van der Waals surface area (Å²) in [5, 5.41) is 8.28. The number of amides is 1. The normalized spacial score (nSPS) is 24.1. The van der Waals surface area contributed by atoms with E-state index in [9.17, 15) is 4.79 Å². The van der Waals surface area contributed by atoms with Crippen LogP contribution in [-0.2, 0) is 11.0 Å². The van der Waals surface area contributed by atoms with E-state index in [0.717, 1.165) is 31.7 Å². The minimum atomic E-state index is -0.180. The molecule has 0 spiro atoms. The molecule has 2 aromatic carbocycles. The van der Waals surface area contributed by atoms with Crippen molar-refractivity contribution in [3.8, 4) is 0 Å². The number of hydrogen-bond acceptors (Lipinski definition) is 3. The maximum atomic E-state index is 13.7. The van der Waals surface area contributed by atoms with Crippen molar-refractivity contribution in [1.29, 1.82) is 0 Å². The summed E-state index contributed by atoms with van der Waals surface area (Å²) in [7, 11) is 0. The second-order valence-corrected chi connectivity index (χ2v) is 10.3. The maximum Gasteiger partial charge on any atom is 0.259 e. The van der Waals surface area contributed by atoms with E-state index in [1.165, 1.54) is 16.7 Å². The topological polar surface area (TPSA) is 50.2 Å². The van der Waals surface area contributed by atoms with Crippen LogP contribution in [0.3, 0.4) is 0 Å². The lowest BCUT2D eigenvalue weighted by molar-refractivity contribution is 0.0785. The van der Waals surface area contributed by atoms with Crippen molar-refractivity contribution in [2.24, 2.45) is 0 Å². The smallest absolute Gasteiger partial charge is 0.259 e. The minimum Gasteiger partial charge on any atom is -0.363 e. The van der Waals surface area contributed by atoms with Gasteiger partial charge in [0, 0.05) is 18.5 Å². The highest BCUT2D eigenvalue weighted by molar-refractivity contribution is 5.99. The molecular weight excluding hydrogens is 396 g/mol. The molecule has 1 N–H and O–H groups in total. The number of benzene rings is 2. The summed E-state index contributed by atoms with van der Waals surface area (Å²) >= 11 is 0. The Hall–Kier alpha value is -3.08. The first kappa shape index (κ1) is 20.8. The van der Waals surface area contributed by atoms with E-state index in [1.54, 1.807) is 6.20 Å². The molecule has 3 aromatic rings. The highest BCUT2D eigenvalue weighted by atomic mass is 16.2. The third kappa shape index (κ3) is 3.50. The third-order valence-electron chi connectivity index (χ3n) is 7.27. The standard InChI is InChI=1S/C27H32N4O/c1-19-9-8-12-21(15-19)27(4)13-14-30(18-27)25(32)22-17-28-31-24(22)29-23(16-26(31,2)3)20-10-6-5-7-11-20/h5-12,15,17,23,29H,13-14,16,18H2,1-4H3/t23-,27?/m1/s1. The lowest BCUT2D eigenvalue weighted by atomic mass is 9.81. The maximum absolute atomic E-state index is 13.7. The first-order chi connectivity index (χ1) is 15.3. The quantitative estimate of drug-likeness (QED) is 0.617. The molecule has 1 saturated heterocycles. The number of likely N-dealkylation sites (tertiary alicyclic amines) is 1. The molecule has 0 aliphatic carbocycles. The molecule has 1 fully saturated rings. The van der Waals surface area contributed by atoms with Crippen LogP contribution in [0.25, 0.3) is 0 Å². The largest absolute Gasteiger partial charge is 0.363 e. The molecule has 5 heteroatoms. The van der Waals surface area contributed by atoms with Gasteiger partial charge in [0.05, 0.1) is 17.8 Å². The molecule has 3 heterocycles. The molecule has 0 saturated carbocycles. The summed E-state index contributed by atoms with van der Waals surface area (Å²) in [4.78, 5) is 15.7. The Morgan fingerprint density at radius 1 is 1.09 bits per heavy atom. The number of carbonyl (C=O) groups is 1. The average Bonchev–Trinajstić information content (AvgIpc) is 3.39. The van der Waals surface area contributed by atoms with E-state index < -0.39 is 0 Å². The zero-order valence-corrected chi connectivity index (χ0v) is 19.4. The van der Waals surface area contributed by atoms with E-state index >= 15 is 0 Å². The van der Waals surface area contributed by atoms with Crippen LogP contribution in [-0.4, -0.2) is 33.7 Å². The van der Waals surface area contributed by atoms with Crippen molar-refractivity contribution < 1.29 is 4.79 Å². The monoisotopic (exact) mass is 428 g/mol. The van der Waals surface area contributed by atoms with Crippen LogP contribution in [0.4, 0.5) is 5.82 Å². The van der Waals surface area contributed by atoms with Crippen LogP contribution in [0.15, 0.2) is 60.8 Å². The van der Waals surface area contributed by atoms with Gasteiger partial charge in [0.15, 0.2) is 0 Å². The number of hydrogen-bond donors (Lipinski definition) is 1. The zero-order chi connectivity index (χ0) is 22.5. The Morgan fingerprint density at radius 2 is 1.88 bits per heavy atom. The van der Waals surface area contributed by atoms with Gasteiger partial charge in [0.2, 0.25) is 0 Å². The second-order valence-electron chi connectivity index (χ2n) is 10.3. The minimum absolute atomic E-state index is 0.0197. The molecule has 0 bridgehead atoms. The van der Waals surface area contributed by atoms with Crippen LogP contribution in [0.1, 0.15) is 66.7 Å². The highest BCUT2D eigenvalue weighted by Crippen LogP contribution is 2.41. The van der Waals surface area contributed by atoms with Gasteiger partial charge in [-0.15, -0.1) is 0 Å². The van der Waals surface area contributed by atoms with Gasteiger partial charge < -0.3 is 10.2 Å². The van der Waals surface area contributed by atoms with Crippen LogP contribution in [0.5, 0.6) is 0 Å². The van der Waals surface area contributed by atoms with Crippen LogP contribution in [0, 0.1) is 6.92 Å². The molecule has 32 heavy (non-hydrogen) atoms. The number of fused-ring (bicyclic) bond motifs is 1. The van der Waals surface area contributed by atoms with Crippen molar-refractivity contribution in [1.82, 2.24) is 14.7 Å². The lowest BCUT2D eigenvalue weighted by Crippen LogP contribution is -2.39. The van der Waals surface area contributed by atoms with Crippen molar-refractivity contribution in [3.63, 3.8) is 0 Å². The number of nitrogens with one attached hydrogen (secondary N) is 1. The Morgan fingerprint density at radius 3 is 2.62 bits per heavy atom. The fourth-order valence-corrected chi connectivity index (χ4v) is 5.35. The van der Waals surface area contributed by atoms with Gasteiger partial charge in [0.1, 0.15) is 11.4 Å². The summed E-state index contributed by atoms with van der Waals surface area (Å²) in [6.07, 6.45) is 3.63. The van der Waals surface area contributed by atoms with E-state index in [0.29, 0.717) is 5.56 Å². The number of anilines is 1. The Labute approximate surface area is 190 Å². The predicted octanol–water partition coefficient (Wildman–Crippen LogP) is 5.29. The van der Waals surface area contributed by atoms with Gasteiger partial charge in [-0.2, -0.15) is 5.10 Å². The first-order valence-electron chi connectivity index (χ1n) is 11.5. The molecule has 5 nitrogen and oxygen atoms in total. The van der Waals surface area contributed by atoms with Gasteiger partial charge in [0.25, 0.3) is 5.91 Å². The van der Waals surface area contributed by atoms with E-state index in [2.05, 4.69) is 86.6 Å². The third-order valence-corrected chi connectivity index (χ3v) is 7.27. The summed E-state index contributed by atoms with van der Waals surface area (Å²) in [5.41, 5.74) is 4.28. The lowest BCUT2D eigenvalue weighted by Gasteiger charge is -2.38. The van der Waals surface area contributed by atoms with E-state index in [-0.39, 0.29) is 22.9 Å². The summed E-state index contributed by atoms with van der Waals surface area (Å²) in [5.74, 6) is 0.906. The van der Waals surface area contributed by atoms with Gasteiger partial charge in [-0.25, -0.2) is 4.68 Å². The number of aromatic nitrogens is 2. The zero-order valence-electron chi connectivity index (χ0n) is 19.4. The molecular formula is C27H32N4O. The van der Waals surface area contributed by atoms with E-state index in [1.807, 2.05) is 15.6 Å². The number of nitrogens with zero attached hydrogens (tertiary/aromatic N) is 3. The van der Waals surface area contributed by atoms with Crippen molar-refractivity contribution in [3.05, 3.63) is 83.0 Å². The Bertz CT molecular complexity index is 1150. The first-order valence-corrected chi connectivity index (χ1v) is 11.5. The highest BCUT2D eigenvalue weighted by Gasteiger charge is 2.41. The number of carbonyl (C=O) groups excluding carboxylic acids is 1. The molecule has 1 amide bonds. The molecule has 1 aromatic heterocycles. The molecule has 5 rings (SSSR count). The van der Waals surface area contributed by atoms with Gasteiger partial charge in [-0.05, 0) is 44.7 Å². The number of rotatable bonds is 3. The van der Waals surface area contributed by atoms with Crippen LogP contribution < -0.4 is 5.32 Å². The predicted molar refractivity (Wildman–Crippen MR) is 128 cm³/mol. The summed E-state index contributed by atoms with van der Waals surface area (Å²) in [6.45, 7) is 10.3. The van der Waals surface area contributed by atoms with Gasteiger partial charge >= 0.3 is 0 Å². The van der Waals surface area contributed by atoms with Crippen LogP contribution >= 0.6 is 0 Å². The second kappa shape index (κ2) is 7.51. The average molecular weight is 429 g/mol. The van der Waals surface area contributed by atoms with Crippen molar-refractivity contribution in [2.75, 3.05) is 18.4 Å². The van der Waals surface area contributed by atoms with Crippen molar-refractivity contribution in [2.45, 2.75) is 57.5 Å². The fraction of sp³-hybridized carbons (Fsp3) is 0.407. The van der Waals surface area contributed by atoms with Gasteiger partial charge in [-0.3, -0.25) is 4.79 Å². The molecule has 2 atom stereocenters. The molecule has 0 radical (unpaired) electrons. The van der Waals surface area contributed by atoms with Crippen molar-refractivity contribution >= 4 is 11.7 Å². The molecule has 166 valence electrons. The molecule has 2 aliphatic rings. The van der Waals surface area contributed by atoms with Crippen LogP contribution in [0.2, 0.25) is 0 Å². The van der Waals surface area contributed by atoms with E-state index in [4.69, 9.17) is 0 Å². The molecule has 2 aliphatic heterocycles. The Kier molecular flexibility index (Phi) is 4.88. The fourth-order valence-electron chi connectivity index (χ4n) is 5.35. The molecule has 1 unspecified atom stereocenters. The SMILES string of the molecule is Cc1cccc(C2(C)CCN(C(=O)c3cnn4c3N[C@@H](c3ccccc3)CC4(C)C)C2)c1. The van der Waals surface area contributed by atoms with Gasteiger partial charge in [-0.1, -0.05) is 67.1 Å². The summed E-state index contributed by atoms with van der Waals surface area (Å²) in [6, 6.07) is 19.3. The number of aryl methyl sites for hydroxylation is 1.